The van der Waals surface area contributed by atoms with Crippen molar-refractivity contribution < 1.29 is 0 Å². The van der Waals surface area contributed by atoms with Crippen molar-refractivity contribution in [3.8, 4) is 0 Å². The van der Waals surface area contributed by atoms with Crippen LogP contribution in [0.3, 0.4) is 0 Å². The van der Waals surface area contributed by atoms with E-state index in [0.29, 0.717) is 0 Å². The maximum absolute atomic E-state index is 6.02. The molecule has 0 aliphatic rings. The Bertz CT molecular complexity index is 348. The molecule has 0 amide bonds. The first-order chi connectivity index (χ1) is 8.98. The van der Waals surface area contributed by atoms with Gasteiger partial charge in [-0.2, -0.15) is 0 Å². The van der Waals surface area contributed by atoms with Gasteiger partial charge in [0, 0.05) is 18.6 Å². The molecule has 1 atom stereocenters. The van der Waals surface area contributed by atoms with Gasteiger partial charge in [0.2, 0.25) is 0 Å². The van der Waals surface area contributed by atoms with Crippen LogP contribution in [0.25, 0.3) is 0 Å². The van der Waals surface area contributed by atoms with Gasteiger partial charge >= 0.3 is 0 Å². The van der Waals surface area contributed by atoms with Crippen LogP contribution in [0.1, 0.15) is 39.2 Å². The molecule has 1 aromatic rings. The van der Waals surface area contributed by atoms with Gasteiger partial charge in [0.1, 0.15) is 0 Å². The second-order valence-electron chi connectivity index (χ2n) is 6.29. The van der Waals surface area contributed by atoms with Gasteiger partial charge in [-0.05, 0) is 44.7 Å². The molecular formula is C17H30N2. The molecule has 0 bridgehead atoms. The maximum Gasteiger partial charge on any atom is 0.0300 e. The van der Waals surface area contributed by atoms with Crippen LogP contribution < -0.4 is 5.73 Å². The minimum Gasteiger partial charge on any atom is -0.329 e. The van der Waals surface area contributed by atoms with E-state index in [1.807, 2.05) is 0 Å². The van der Waals surface area contributed by atoms with Crippen LogP contribution in [0.4, 0.5) is 0 Å². The zero-order valence-electron chi connectivity index (χ0n) is 13.0. The molecule has 1 rings (SSSR count). The largest absolute Gasteiger partial charge is 0.329 e. The Morgan fingerprint density at radius 1 is 1.21 bits per heavy atom. The second kappa shape index (κ2) is 7.66. The van der Waals surface area contributed by atoms with Crippen LogP contribution in [0, 0.1) is 5.92 Å². The normalized spacial score (nSPS) is 14.9. The number of hydrogen-bond acceptors (Lipinski definition) is 2. The highest BCUT2D eigenvalue weighted by molar-refractivity contribution is 5.15. The second-order valence-corrected chi connectivity index (χ2v) is 6.29. The Kier molecular flexibility index (Phi) is 6.53. The quantitative estimate of drug-likeness (QED) is 0.779. The van der Waals surface area contributed by atoms with Gasteiger partial charge in [0.15, 0.2) is 0 Å². The summed E-state index contributed by atoms with van der Waals surface area (Å²) in [5.41, 5.74) is 7.55. The number of rotatable bonds is 8. The molecule has 2 nitrogen and oxygen atoms in total. The van der Waals surface area contributed by atoms with E-state index in [4.69, 9.17) is 5.73 Å². The molecule has 0 aliphatic carbocycles. The third-order valence-electron chi connectivity index (χ3n) is 4.20. The van der Waals surface area contributed by atoms with E-state index in [0.717, 1.165) is 25.4 Å². The summed E-state index contributed by atoms with van der Waals surface area (Å²) in [6.07, 6.45) is 3.50. The van der Waals surface area contributed by atoms with Crippen LogP contribution in [0.15, 0.2) is 30.3 Å². The van der Waals surface area contributed by atoms with Crippen molar-refractivity contribution in [3.05, 3.63) is 35.9 Å². The van der Waals surface area contributed by atoms with Gasteiger partial charge in [0.05, 0.1) is 0 Å². The molecule has 2 heteroatoms. The Labute approximate surface area is 119 Å². The molecule has 1 aromatic carbocycles. The predicted octanol–water partition coefficient (Wildman–Crippen LogP) is 3.31. The Morgan fingerprint density at radius 2 is 1.84 bits per heavy atom. The highest BCUT2D eigenvalue weighted by Crippen LogP contribution is 2.21. The van der Waals surface area contributed by atoms with E-state index < -0.39 is 0 Å². The maximum atomic E-state index is 6.02. The van der Waals surface area contributed by atoms with Gasteiger partial charge < -0.3 is 5.73 Å². The summed E-state index contributed by atoms with van der Waals surface area (Å²) in [7, 11) is 2.20. The average molecular weight is 262 g/mol. The Balaban J connectivity index is 2.51. The van der Waals surface area contributed by atoms with Gasteiger partial charge in [-0.25, -0.2) is 0 Å². The van der Waals surface area contributed by atoms with E-state index in [1.54, 1.807) is 0 Å². The molecule has 108 valence electrons. The lowest BCUT2D eigenvalue weighted by atomic mass is 9.90. The Morgan fingerprint density at radius 3 is 2.37 bits per heavy atom. The van der Waals surface area contributed by atoms with Crippen LogP contribution in [-0.2, 0) is 6.42 Å². The van der Waals surface area contributed by atoms with Crippen LogP contribution in [-0.4, -0.2) is 30.6 Å². The number of nitrogens with two attached hydrogens (primary N) is 1. The first-order valence-electron chi connectivity index (χ1n) is 7.43. The summed E-state index contributed by atoms with van der Waals surface area (Å²) in [5, 5.41) is 0. The zero-order chi connectivity index (χ0) is 14.3. The topological polar surface area (TPSA) is 29.3 Å². The van der Waals surface area contributed by atoms with E-state index in [1.165, 1.54) is 18.4 Å². The van der Waals surface area contributed by atoms with Gasteiger partial charge in [-0.1, -0.05) is 44.2 Å². The number of hydrogen-bond donors (Lipinski definition) is 1. The third-order valence-corrected chi connectivity index (χ3v) is 4.20. The lowest BCUT2D eigenvalue weighted by molar-refractivity contribution is 0.128. The van der Waals surface area contributed by atoms with Crippen molar-refractivity contribution in [1.82, 2.24) is 4.90 Å². The number of benzene rings is 1. The molecule has 0 saturated heterocycles. The zero-order valence-corrected chi connectivity index (χ0v) is 13.0. The molecule has 0 heterocycles. The first-order valence-corrected chi connectivity index (χ1v) is 7.43. The summed E-state index contributed by atoms with van der Waals surface area (Å²) in [4.78, 5) is 2.43. The lowest BCUT2D eigenvalue weighted by Crippen LogP contribution is -2.50. The van der Waals surface area contributed by atoms with E-state index in [9.17, 15) is 0 Å². The van der Waals surface area contributed by atoms with E-state index in [2.05, 4.69) is 63.1 Å². The summed E-state index contributed by atoms with van der Waals surface area (Å²) < 4.78 is 0. The summed E-state index contributed by atoms with van der Waals surface area (Å²) in [5.74, 6) is 0.744. The highest BCUT2D eigenvalue weighted by Gasteiger charge is 2.27. The summed E-state index contributed by atoms with van der Waals surface area (Å²) >= 11 is 0. The van der Waals surface area contributed by atoms with Crippen LogP contribution in [0.2, 0.25) is 0 Å². The fraction of sp³-hybridized carbons (Fsp3) is 0.647. The highest BCUT2D eigenvalue weighted by atomic mass is 15.2. The predicted molar refractivity (Wildman–Crippen MR) is 84.3 cm³/mol. The molecule has 2 N–H and O–H groups in total. The van der Waals surface area contributed by atoms with Crippen molar-refractivity contribution >= 4 is 0 Å². The number of nitrogens with zero attached hydrogens (tertiary/aromatic N) is 1. The van der Waals surface area contributed by atoms with Crippen molar-refractivity contribution in [3.63, 3.8) is 0 Å². The van der Waals surface area contributed by atoms with Crippen LogP contribution in [0.5, 0.6) is 0 Å². The van der Waals surface area contributed by atoms with Crippen molar-refractivity contribution in [1.29, 1.82) is 0 Å². The molecule has 1 unspecified atom stereocenters. The fourth-order valence-corrected chi connectivity index (χ4v) is 2.26. The molecule has 0 saturated carbocycles. The standard InChI is InChI=1S/C17H30N2/c1-15(2)10-12-17(3,14-18)19(4)13-11-16-8-6-5-7-9-16/h5-9,15H,10-14,18H2,1-4H3. The van der Waals surface area contributed by atoms with Gasteiger partial charge in [0.25, 0.3) is 0 Å². The molecule has 0 fully saturated rings. The molecule has 0 spiro atoms. The molecular weight excluding hydrogens is 232 g/mol. The minimum absolute atomic E-state index is 0.124. The first kappa shape index (κ1) is 16.2. The average Bonchev–Trinajstić information content (AvgIpc) is 2.43. The van der Waals surface area contributed by atoms with Gasteiger partial charge in [-0.15, -0.1) is 0 Å². The van der Waals surface area contributed by atoms with Crippen molar-refractivity contribution in [2.24, 2.45) is 11.7 Å². The summed E-state index contributed by atoms with van der Waals surface area (Å²) in [6.45, 7) is 8.64. The third kappa shape index (κ3) is 5.33. The van der Waals surface area contributed by atoms with Crippen LogP contribution >= 0.6 is 0 Å². The van der Waals surface area contributed by atoms with E-state index in [-0.39, 0.29) is 5.54 Å². The molecule has 0 aliphatic heterocycles. The van der Waals surface area contributed by atoms with E-state index >= 15 is 0 Å². The minimum atomic E-state index is 0.124. The van der Waals surface area contributed by atoms with Gasteiger partial charge in [-0.3, -0.25) is 4.90 Å². The SMILES string of the molecule is CC(C)CCC(C)(CN)N(C)CCc1ccccc1. The van der Waals surface area contributed by atoms with Crippen molar-refractivity contribution in [2.45, 2.75) is 45.6 Å². The number of likely N-dealkylation sites (N-methyl/N-ethyl adjacent to an activating group) is 1. The molecule has 0 aromatic heterocycles. The molecule has 0 radical (unpaired) electrons. The summed E-state index contributed by atoms with van der Waals surface area (Å²) in [6, 6.07) is 10.7. The molecule has 19 heavy (non-hydrogen) atoms. The monoisotopic (exact) mass is 262 g/mol. The smallest absolute Gasteiger partial charge is 0.0300 e. The van der Waals surface area contributed by atoms with Crippen molar-refractivity contribution in [2.75, 3.05) is 20.1 Å². The Hall–Kier alpha value is -0.860. The fourth-order valence-electron chi connectivity index (χ4n) is 2.26. The lowest BCUT2D eigenvalue weighted by Gasteiger charge is -2.39.